The van der Waals surface area contributed by atoms with Crippen LogP contribution in [0.4, 0.5) is 14.7 Å². The molecule has 0 bridgehead atoms. The van der Waals surface area contributed by atoms with Gasteiger partial charge in [0.25, 0.3) is 0 Å². The maximum absolute atomic E-state index is 15.7. The molecule has 0 aliphatic heterocycles. The van der Waals surface area contributed by atoms with Gasteiger partial charge in [0, 0.05) is 17.2 Å². The van der Waals surface area contributed by atoms with Gasteiger partial charge < -0.3 is 15.6 Å². The van der Waals surface area contributed by atoms with Crippen molar-refractivity contribution in [3.8, 4) is 16.9 Å². The summed E-state index contributed by atoms with van der Waals surface area (Å²) < 4.78 is 36.6. The number of benzene rings is 1. The summed E-state index contributed by atoms with van der Waals surface area (Å²) in [4.78, 5) is 8.22. The van der Waals surface area contributed by atoms with Crippen molar-refractivity contribution in [1.82, 2.24) is 19.6 Å². The van der Waals surface area contributed by atoms with Crippen molar-refractivity contribution in [3.63, 3.8) is 0 Å². The van der Waals surface area contributed by atoms with Crippen LogP contribution in [0.3, 0.4) is 0 Å². The van der Waals surface area contributed by atoms with Crippen LogP contribution in [0.15, 0.2) is 73.1 Å². The molecule has 0 amide bonds. The number of anilines is 1. The molecule has 7 nitrogen and oxygen atoms in total. The van der Waals surface area contributed by atoms with E-state index >= 15 is 4.39 Å². The lowest BCUT2D eigenvalue weighted by atomic mass is 9.64. The number of aromatic nitrogens is 4. The van der Waals surface area contributed by atoms with E-state index in [0.29, 0.717) is 16.8 Å². The predicted octanol–water partition coefficient (Wildman–Crippen LogP) is 6.12. The van der Waals surface area contributed by atoms with Crippen LogP contribution >= 0.6 is 11.6 Å². The van der Waals surface area contributed by atoms with E-state index in [4.69, 9.17) is 22.1 Å². The summed E-state index contributed by atoms with van der Waals surface area (Å²) in [6, 6.07) is 9.11. The molecular weight excluding hydrogens is 512 g/mol. The van der Waals surface area contributed by atoms with Gasteiger partial charge in [-0.05, 0) is 69.2 Å². The Labute approximate surface area is 224 Å². The number of halogens is 3. The van der Waals surface area contributed by atoms with Crippen LogP contribution in [0.25, 0.3) is 16.8 Å². The molecule has 3 aromatic heterocycles. The van der Waals surface area contributed by atoms with E-state index < -0.39 is 22.7 Å². The third-order valence-corrected chi connectivity index (χ3v) is 7.06. The third kappa shape index (κ3) is 4.87. The van der Waals surface area contributed by atoms with Gasteiger partial charge in [0.2, 0.25) is 5.95 Å². The third-order valence-electron chi connectivity index (χ3n) is 6.76. The van der Waals surface area contributed by atoms with Gasteiger partial charge in [0.1, 0.15) is 11.4 Å². The molecule has 2 unspecified atom stereocenters. The molecule has 10 heteroatoms. The molecule has 0 saturated carbocycles. The number of nitrogens with two attached hydrogens (primary N) is 1. The minimum atomic E-state index is -1.58. The first-order chi connectivity index (χ1) is 18.0. The fourth-order valence-corrected chi connectivity index (χ4v) is 4.91. The molecule has 4 aromatic rings. The SMILES string of the molecule is C=C(C)C(/C=C/C)(CCOc1c(Cl)ccc(-c2ccn3nc(N)nc3c2)c1F)C(C)(O)c1ccc(F)cn1. The first-order valence-electron chi connectivity index (χ1n) is 11.9. The van der Waals surface area contributed by atoms with Crippen LogP contribution in [0.5, 0.6) is 5.75 Å². The van der Waals surface area contributed by atoms with Crippen LogP contribution in [-0.4, -0.2) is 31.3 Å². The first kappa shape index (κ1) is 27.2. The highest BCUT2D eigenvalue weighted by Gasteiger charge is 2.48. The molecule has 1 aromatic carbocycles. The molecule has 0 spiro atoms. The Balaban J connectivity index is 1.65. The summed E-state index contributed by atoms with van der Waals surface area (Å²) in [6.07, 6.45) is 6.47. The van der Waals surface area contributed by atoms with Gasteiger partial charge >= 0.3 is 0 Å². The molecule has 198 valence electrons. The monoisotopic (exact) mass is 539 g/mol. The van der Waals surface area contributed by atoms with Gasteiger partial charge in [0.05, 0.1) is 23.5 Å². The standard InChI is InChI=1S/C28H28ClF2N5O2/c1-5-11-28(17(2)3,27(4,37)22-9-6-19(30)16-33-22)12-14-38-25-21(29)8-7-20(24(25)31)18-10-13-36-23(15-18)34-26(32)35-36/h5-11,13,15-16,37H,2,12,14H2,1,3-4H3,(H2,32,35)/b11-5+. The minimum Gasteiger partial charge on any atom is -0.489 e. The van der Waals surface area contributed by atoms with Crippen molar-refractivity contribution >= 4 is 23.2 Å². The van der Waals surface area contributed by atoms with Crippen molar-refractivity contribution < 1.29 is 18.6 Å². The number of fused-ring (bicyclic) bond motifs is 1. The molecule has 3 N–H and O–H groups in total. The van der Waals surface area contributed by atoms with Crippen molar-refractivity contribution in [2.75, 3.05) is 12.3 Å². The average molecular weight is 540 g/mol. The maximum Gasteiger partial charge on any atom is 0.240 e. The molecule has 0 aliphatic carbocycles. The number of nitrogen functional groups attached to an aromatic ring is 1. The van der Waals surface area contributed by atoms with Gasteiger partial charge in [-0.1, -0.05) is 35.9 Å². The second kappa shape index (κ2) is 10.5. The van der Waals surface area contributed by atoms with Crippen molar-refractivity contribution in [1.29, 1.82) is 0 Å². The molecule has 0 fully saturated rings. The number of rotatable bonds is 9. The lowest BCUT2D eigenvalue weighted by Crippen LogP contribution is -2.44. The van der Waals surface area contributed by atoms with E-state index in [2.05, 4.69) is 21.6 Å². The van der Waals surface area contributed by atoms with E-state index in [-0.39, 0.29) is 41.0 Å². The number of aliphatic hydroxyl groups is 1. The van der Waals surface area contributed by atoms with Crippen LogP contribution in [0.1, 0.15) is 32.9 Å². The molecular formula is C28H28ClF2N5O2. The summed E-state index contributed by atoms with van der Waals surface area (Å²) >= 11 is 6.33. The number of ether oxygens (including phenoxy) is 1. The van der Waals surface area contributed by atoms with E-state index in [0.717, 1.165) is 6.20 Å². The van der Waals surface area contributed by atoms with Gasteiger partial charge in [0.15, 0.2) is 17.2 Å². The van der Waals surface area contributed by atoms with Crippen molar-refractivity contribution in [2.24, 2.45) is 5.41 Å². The Hall–Kier alpha value is -3.82. The second-order valence-electron chi connectivity index (χ2n) is 9.21. The zero-order valence-electron chi connectivity index (χ0n) is 21.3. The molecule has 0 radical (unpaired) electrons. The van der Waals surface area contributed by atoms with Crippen LogP contribution in [0.2, 0.25) is 5.02 Å². The van der Waals surface area contributed by atoms with Gasteiger partial charge in [-0.3, -0.25) is 4.98 Å². The molecule has 0 saturated heterocycles. The largest absolute Gasteiger partial charge is 0.489 e. The quantitative estimate of drug-likeness (QED) is 0.249. The lowest BCUT2D eigenvalue weighted by molar-refractivity contribution is -0.0432. The molecule has 4 rings (SSSR count). The van der Waals surface area contributed by atoms with Gasteiger partial charge in [-0.2, -0.15) is 4.98 Å². The van der Waals surface area contributed by atoms with Gasteiger partial charge in [-0.25, -0.2) is 13.3 Å². The predicted molar refractivity (Wildman–Crippen MR) is 144 cm³/mol. The fourth-order valence-electron chi connectivity index (χ4n) is 4.71. The Morgan fingerprint density at radius 3 is 2.68 bits per heavy atom. The zero-order chi connectivity index (χ0) is 27.7. The van der Waals surface area contributed by atoms with Crippen LogP contribution < -0.4 is 10.5 Å². The number of hydrogen-bond acceptors (Lipinski definition) is 6. The Morgan fingerprint density at radius 1 is 1.26 bits per heavy atom. The Morgan fingerprint density at radius 2 is 2.03 bits per heavy atom. The highest BCUT2D eigenvalue weighted by Crippen LogP contribution is 2.48. The Bertz CT molecular complexity index is 1520. The Kier molecular flexibility index (Phi) is 7.53. The number of allylic oxidation sites excluding steroid dienone is 1. The summed E-state index contributed by atoms with van der Waals surface area (Å²) in [6.45, 7) is 9.26. The topological polar surface area (TPSA) is 98.6 Å². The van der Waals surface area contributed by atoms with Crippen molar-refractivity contribution in [3.05, 3.63) is 95.4 Å². The van der Waals surface area contributed by atoms with Crippen LogP contribution in [-0.2, 0) is 5.60 Å². The number of hydrogen-bond donors (Lipinski definition) is 2. The van der Waals surface area contributed by atoms with Gasteiger partial charge in [-0.15, -0.1) is 5.10 Å². The average Bonchev–Trinajstić information content (AvgIpc) is 3.24. The zero-order valence-corrected chi connectivity index (χ0v) is 22.0. The van der Waals surface area contributed by atoms with E-state index in [1.54, 1.807) is 56.5 Å². The highest BCUT2D eigenvalue weighted by molar-refractivity contribution is 6.32. The van der Waals surface area contributed by atoms with E-state index in [9.17, 15) is 9.50 Å². The van der Waals surface area contributed by atoms with Crippen LogP contribution in [0, 0.1) is 17.0 Å². The summed E-state index contributed by atoms with van der Waals surface area (Å²) in [7, 11) is 0. The summed E-state index contributed by atoms with van der Waals surface area (Å²) in [5.41, 5.74) is 5.16. The summed E-state index contributed by atoms with van der Waals surface area (Å²) in [5, 5.41) is 15.8. The molecule has 0 aliphatic rings. The van der Waals surface area contributed by atoms with E-state index in [1.165, 1.54) is 16.6 Å². The maximum atomic E-state index is 15.7. The number of nitrogens with zero attached hydrogens (tertiary/aromatic N) is 4. The lowest BCUT2D eigenvalue weighted by Gasteiger charge is -2.44. The number of pyridine rings is 2. The smallest absolute Gasteiger partial charge is 0.240 e. The minimum absolute atomic E-state index is 0.0195. The fraction of sp³-hybridized carbons (Fsp3) is 0.250. The molecule has 3 heterocycles. The highest BCUT2D eigenvalue weighted by atomic mass is 35.5. The second-order valence-corrected chi connectivity index (χ2v) is 9.62. The van der Waals surface area contributed by atoms with Crippen molar-refractivity contribution in [2.45, 2.75) is 32.8 Å². The van der Waals surface area contributed by atoms with E-state index in [1.807, 2.05) is 6.92 Å². The summed E-state index contributed by atoms with van der Waals surface area (Å²) in [5.74, 6) is -1.18. The first-order valence-corrected chi connectivity index (χ1v) is 12.3. The molecule has 38 heavy (non-hydrogen) atoms. The normalized spacial score (nSPS) is 14.9. The molecule has 2 atom stereocenters.